The molecule has 0 fully saturated rings. The lowest BCUT2D eigenvalue weighted by Gasteiger charge is -2.21. The van der Waals surface area contributed by atoms with Crippen molar-refractivity contribution < 1.29 is 0 Å². The van der Waals surface area contributed by atoms with Gasteiger partial charge in [-0.1, -0.05) is 51.1 Å². The van der Waals surface area contributed by atoms with E-state index in [-0.39, 0.29) is 5.41 Å². The Morgan fingerprint density at radius 3 is 2.30 bits per heavy atom. The number of aromatic nitrogens is 2. The molecular weight excluding hydrogens is 244 g/mol. The predicted octanol–water partition coefficient (Wildman–Crippen LogP) is 4.54. The van der Waals surface area contributed by atoms with Crippen molar-refractivity contribution in [2.24, 2.45) is 7.05 Å². The molecule has 0 bridgehead atoms. The van der Waals surface area contributed by atoms with Gasteiger partial charge in [0.2, 0.25) is 0 Å². The zero-order chi connectivity index (χ0) is 14.3. The van der Waals surface area contributed by atoms with Crippen molar-refractivity contribution >= 4 is 10.9 Å². The third-order valence-electron chi connectivity index (χ3n) is 3.78. The Bertz CT molecular complexity index is 746. The first-order valence-electron chi connectivity index (χ1n) is 6.98. The molecule has 2 heteroatoms. The number of fused-ring (bicyclic) bond motifs is 1. The molecule has 0 unspecified atom stereocenters. The molecule has 1 aromatic heterocycles. The fraction of sp³-hybridized carbons (Fsp3) is 0.278. The Morgan fingerprint density at radius 1 is 0.950 bits per heavy atom. The van der Waals surface area contributed by atoms with Gasteiger partial charge in [-0.05, 0) is 34.2 Å². The van der Waals surface area contributed by atoms with Gasteiger partial charge in [-0.3, -0.25) is 4.68 Å². The van der Waals surface area contributed by atoms with E-state index in [2.05, 4.69) is 68.3 Å². The normalized spacial score (nSPS) is 12.0. The number of hydrogen-bond acceptors (Lipinski definition) is 1. The second-order valence-corrected chi connectivity index (χ2v) is 6.34. The van der Waals surface area contributed by atoms with Crippen molar-refractivity contribution in [3.63, 3.8) is 0 Å². The predicted molar refractivity (Wildman–Crippen MR) is 84.9 cm³/mol. The summed E-state index contributed by atoms with van der Waals surface area (Å²) >= 11 is 0. The molecule has 2 aromatic carbocycles. The van der Waals surface area contributed by atoms with Crippen molar-refractivity contribution in [1.82, 2.24) is 9.78 Å². The Morgan fingerprint density at radius 2 is 1.65 bits per heavy atom. The van der Waals surface area contributed by atoms with E-state index in [9.17, 15) is 0 Å². The van der Waals surface area contributed by atoms with Gasteiger partial charge in [0, 0.05) is 12.4 Å². The highest BCUT2D eigenvalue weighted by Crippen LogP contribution is 2.34. The summed E-state index contributed by atoms with van der Waals surface area (Å²) in [6.07, 6.45) is 1.98. The van der Waals surface area contributed by atoms with E-state index in [4.69, 9.17) is 0 Å². The molecule has 0 spiro atoms. The van der Waals surface area contributed by atoms with E-state index in [1.807, 2.05) is 17.9 Å². The third-order valence-corrected chi connectivity index (χ3v) is 3.78. The maximum atomic E-state index is 4.42. The van der Waals surface area contributed by atoms with Crippen LogP contribution in [0.1, 0.15) is 26.3 Å². The smallest absolute Gasteiger partial charge is 0.0688 e. The summed E-state index contributed by atoms with van der Waals surface area (Å²) < 4.78 is 1.96. The molecule has 1 heterocycles. The average molecular weight is 264 g/mol. The van der Waals surface area contributed by atoms with Crippen molar-refractivity contribution in [3.8, 4) is 11.1 Å². The van der Waals surface area contributed by atoms with Gasteiger partial charge in [0.05, 0.1) is 11.7 Å². The first kappa shape index (κ1) is 12.9. The Kier molecular flexibility index (Phi) is 2.89. The summed E-state index contributed by atoms with van der Waals surface area (Å²) in [7, 11) is 2.00. The van der Waals surface area contributed by atoms with E-state index in [0.29, 0.717) is 0 Å². The van der Waals surface area contributed by atoms with Crippen molar-refractivity contribution in [3.05, 3.63) is 54.2 Å². The number of benzene rings is 2. The van der Waals surface area contributed by atoms with Gasteiger partial charge < -0.3 is 0 Å². The molecule has 3 aromatic rings. The van der Waals surface area contributed by atoms with Gasteiger partial charge in [0.15, 0.2) is 0 Å². The maximum Gasteiger partial charge on any atom is 0.0688 e. The summed E-state index contributed by atoms with van der Waals surface area (Å²) in [6, 6.07) is 15.1. The van der Waals surface area contributed by atoms with E-state index in [1.165, 1.54) is 27.6 Å². The van der Waals surface area contributed by atoms with Crippen LogP contribution >= 0.6 is 0 Å². The van der Waals surface area contributed by atoms with Crippen LogP contribution in [0.25, 0.3) is 22.0 Å². The van der Waals surface area contributed by atoms with Gasteiger partial charge in [-0.15, -0.1) is 0 Å². The Balaban J connectivity index is 2.33. The van der Waals surface area contributed by atoms with Crippen molar-refractivity contribution in [2.75, 3.05) is 0 Å². The van der Waals surface area contributed by atoms with Gasteiger partial charge in [-0.2, -0.15) is 5.10 Å². The first-order chi connectivity index (χ1) is 9.47. The van der Waals surface area contributed by atoms with Crippen LogP contribution < -0.4 is 0 Å². The van der Waals surface area contributed by atoms with Crippen LogP contribution in [0.3, 0.4) is 0 Å². The summed E-state index contributed by atoms with van der Waals surface area (Å²) in [4.78, 5) is 0. The largest absolute Gasteiger partial charge is 0.268 e. The van der Waals surface area contributed by atoms with Crippen LogP contribution in [0.4, 0.5) is 0 Å². The zero-order valence-electron chi connectivity index (χ0n) is 12.5. The highest BCUT2D eigenvalue weighted by molar-refractivity contribution is 5.88. The number of aryl methyl sites for hydroxylation is 1. The van der Waals surface area contributed by atoms with Crippen LogP contribution in [0.15, 0.2) is 48.7 Å². The fourth-order valence-corrected chi connectivity index (χ4v) is 2.67. The van der Waals surface area contributed by atoms with Gasteiger partial charge >= 0.3 is 0 Å². The molecular formula is C18H20N2. The minimum atomic E-state index is 0.103. The monoisotopic (exact) mass is 264 g/mol. The fourth-order valence-electron chi connectivity index (χ4n) is 2.67. The van der Waals surface area contributed by atoms with Crippen LogP contribution in [-0.2, 0) is 12.5 Å². The molecule has 0 N–H and O–H groups in total. The summed E-state index contributed by atoms with van der Waals surface area (Å²) in [6.45, 7) is 6.76. The first-order valence-corrected chi connectivity index (χ1v) is 6.98. The Labute approximate surface area is 120 Å². The highest BCUT2D eigenvalue weighted by atomic mass is 15.2. The molecule has 20 heavy (non-hydrogen) atoms. The molecule has 0 amide bonds. The molecule has 0 aliphatic carbocycles. The van der Waals surface area contributed by atoms with Crippen LogP contribution in [0.5, 0.6) is 0 Å². The quantitative estimate of drug-likeness (QED) is 0.631. The zero-order valence-corrected chi connectivity index (χ0v) is 12.5. The molecule has 0 saturated carbocycles. The van der Waals surface area contributed by atoms with E-state index in [1.54, 1.807) is 0 Å². The van der Waals surface area contributed by atoms with Crippen molar-refractivity contribution in [1.29, 1.82) is 0 Å². The van der Waals surface area contributed by atoms with Gasteiger partial charge in [0.1, 0.15) is 0 Å². The van der Waals surface area contributed by atoms with Crippen molar-refractivity contribution in [2.45, 2.75) is 26.2 Å². The van der Waals surface area contributed by atoms with Crippen LogP contribution in [0.2, 0.25) is 0 Å². The second-order valence-electron chi connectivity index (χ2n) is 6.34. The van der Waals surface area contributed by atoms with Crippen LogP contribution in [-0.4, -0.2) is 9.78 Å². The highest BCUT2D eigenvalue weighted by Gasteiger charge is 2.19. The molecule has 0 aliphatic heterocycles. The van der Waals surface area contributed by atoms with Crippen LogP contribution in [0, 0.1) is 0 Å². The second kappa shape index (κ2) is 4.48. The number of nitrogens with zero attached hydrogens (tertiary/aromatic N) is 2. The topological polar surface area (TPSA) is 17.8 Å². The molecule has 0 radical (unpaired) electrons. The van der Waals surface area contributed by atoms with E-state index >= 15 is 0 Å². The lowest BCUT2D eigenvalue weighted by atomic mass is 9.83. The van der Waals surface area contributed by atoms with Gasteiger partial charge in [0.25, 0.3) is 0 Å². The third kappa shape index (κ3) is 2.11. The average Bonchev–Trinajstić information content (AvgIpc) is 2.79. The standard InChI is InChI=1S/C18H20N2/c1-18(2,3)16-10-14(13-8-6-5-7-9-13)11-17-15(16)12-19-20(17)4/h5-12H,1-4H3. The lowest BCUT2D eigenvalue weighted by Crippen LogP contribution is -2.11. The molecule has 102 valence electrons. The minimum absolute atomic E-state index is 0.103. The molecule has 0 saturated heterocycles. The van der Waals surface area contributed by atoms with E-state index < -0.39 is 0 Å². The SMILES string of the molecule is Cn1ncc2c(C(C)(C)C)cc(-c3ccccc3)cc21. The summed E-state index contributed by atoms with van der Waals surface area (Å²) in [5.74, 6) is 0. The number of hydrogen-bond donors (Lipinski definition) is 0. The molecule has 3 rings (SSSR count). The lowest BCUT2D eigenvalue weighted by molar-refractivity contribution is 0.596. The maximum absolute atomic E-state index is 4.42. The molecule has 0 aliphatic rings. The number of rotatable bonds is 1. The molecule has 0 atom stereocenters. The molecule has 2 nitrogen and oxygen atoms in total. The Hall–Kier alpha value is -2.09. The van der Waals surface area contributed by atoms with Gasteiger partial charge in [-0.25, -0.2) is 0 Å². The summed E-state index contributed by atoms with van der Waals surface area (Å²) in [5, 5.41) is 5.67. The van der Waals surface area contributed by atoms with E-state index in [0.717, 1.165) is 0 Å². The minimum Gasteiger partial charge on any atom is -0.268 e. The summed E-state index contributed by atoms with van der Waals surface area (Å²) in [5.41, 5.74) is 5.15.